The lowest BCUT2D eigenvalue weighted by Crippen LogP contribution is -2.11. The zero-order valence-corrected chi connectivity index (χ0v) is 13.2. The van der Waals surface area contributed by atoms with E-state index in [2.05, 4.69) is 17.0 Å². The van der Waals surface area contributed by atoms with E-state index in [1.165, 1.54) is 16.2 Å². The molecule has 1 aliphatic rings. The van der Waals surface area contributed by atoms with E-state index in [0.717, 1.165) is 35.7 Å². The Kier molecular flexibility index (Phi) is 4.08. The van der Waals surface area contributed by atoms with Crippen molar-refractivity contribution >= 4 is 17.4 Å². The minimum Gasteiger partial charge on any atom is -0.457 e. The van der Waals surface area contributed by atoms with Crippen molar-refractivity contribution in [2.75, 3.05) is 25.6 Å². The monoisotopic (exact) mass is 300 g/mol. The quantitative estimate of drug-likeness (QED) is 0.872. The van der Waals surface area contributed by atoms with E-state index >= 15 is 0 Å². The van der Waals surface area contributed by atoms with Crippen molar-refractivity contribution < 1.29 is 4.74 Å². The fraction of sp³-hybridized carbons (Fsp3) is 0.294. The van der Waals surface area contributed by atoms with Gasteiger partial charge in [0.2, 0.25) is 0 Å². The van der Waals surface area contributed by atoms with Gasteiger partial charge >= 0.3 is 0 Å². The van der Waals surface area contributed by atoms with E-state index in [1.54, 1.807) is 0 Å². The molecule has 1 heterocycles. The lowest BCUT2D eigenvalue weighted by atomic mass is 10.1. The van der Waals surface area contributed by atoms with Crippen LogP contribution in [-0.4, -0.2) is 24.7 Å². The van der Waals surface area contributed by atoms with Crippen LogP contribution in [-0.2, 0) is 13.0 Å². The molecule has 0 spiro atoms. The third-order valence-electron chi connectivity index (χ3n) is 3.46. The molecular formula is C17H20N2OS. The van der Waals surface area contributed by atoms with Gasteiger partial charge in [0.1, 0.15) is 11.5 Å². The van der Waals surface area contributed by atoms with Crippen LogP contribution in [0, 0.1) is 0 Å². The van der Waals surface area contributed by atoms with Gasteiger partial charge in [0.15, 0.2) is 0 Å². The number of benzene rings is 2. The highest BCUT2D eigenvalue weighted by Gasteiger charge is 2.13. The summed E-state index contributed by atoms with van der Waals surface area (Å²) >= 11 is 1.92. The summed E-state index contributed by atoms with van der Waals surface area (Å²) in [6.07, 6.45) is 1.13. The summed E-state index contributed by atoms with van der Waals surface area (Å²) < 4.78 is 6.10. The molecule has 0 bridgehead atoms. The van der Waals surface area contributed by atoms with Crippen molar-refractivity contribution in [3.05, 3.63) is 47.5 Å². The topological polar surface area (TPSA) is 38.5 Å². The molecule has 21 heavy (non-hydrogen) atoms. The molecule has 2 N–H and O–H groups in total. The highest BCUT2D eigenvalue weighted by molar-refractivity contribution is 7.99. The molecule has 2 aromatic carbocycles. The van der Waals surface area contributed by atoms with E-state index in [1.807, 2.05) is 50.1 Å². The number of nitrogens with two attached hydrogens (primary N) is 1. The number of nitrogens with zero attached hydrogens (tertiary/aromatic N) is 1. The molecule has 0 atom stereocenters. The maximum absolute atomic E-state index is 6.10. The summed E-state index contributed by atoms with van der Waals surface area (Å²) in [7, 11) is 4.08. The van der Waals surface area contributed by atoms with Crippen molar-refractivity contribution in [2.24, 2.45) is 0 Å². The maximum atomic E-state index is 6.10. The molecule has 0 fully saturated rings. The van der Waals surface area contributed by atoms with Gasteiger partial charge in [-0.1, -0.05) is 0 Å². The molecule has 0 unspecified atom stereocenters. The van der Waals surface area contributed by atoms with Crippen LogP contribution in [0.4, 0.5) is 5.69 Å². The predicted octanol–water partition coefficient (Wildman–Crippen LogP) is 3.77. The predicted molar refractivity (Wildman–Crippen MR) is 89.2 cm³/mol. The zero-order valence-electron chi connectivity index (χ0n) is 12.4. The van der Waals surface area contributed by atoms with Gasteiger partial charge in [0.25, 0.3) is 0 Å². The number of thioether (sulfide) groups is 1. The Morgan fingerprint density at radius 2 is 2.05 bits per heavy atom. The number of hydrogen-bond acceptors (Lipinski definition) is 4. The number of aryl methyl sites for hydroxylation is 1. The number of ether oxygens (including phenoxy) is 1. The van der Waals surface area contributed by atoms with E-state index in [-0.39, 0.29) is 0 Å². The largest absolute Gasteiger partial charge is 0.457 e. The minimum atomic E-state index is 0.768. The van der Waals surface area contributed by atoms with Crippen LogP contribution >= 0.6 is 11.8 Å². The maximum Gasteiger partial charge on any atom is 0.132 e. The normalized spacial score (nSPS) is 13.5. The van der Waals surface area contributed by atoms with Crippen LogP contribution in [0.5, 0.6) is 11.5 Å². The summed E-state index contributed by atoms with van der Waals surface area (Å²) in [6.45, 7) is 0.807. The number of hydrogen-bond donors (Lipinski definition) is 1. The van der Waals surface area contributed by atoms with Crippen LogP contribution in [0.2, 0.25) is 0 Å². The number of anilines is 1. The first-order chi connectivity index (χ1) is 10.1. The Hall–Kier alpha value is -1.65. The van der Waals surface area contributed by atoms with E-state index < -0.39 is 0 Å². The zero-order chi connectivity index (χ0) is 14.8. The molecule has 2 aromatic rings. The Morgan fingerprint density at radius 3 is 2.86 bits per heavy atom. The van der Waals surface area contributed by atoms with Crippen LogP contribution in [0.3, 0.4) is 0 Å². The van der Waals surface area contributed by atoms with Crippen LogP contribution < -0.4 is 10.5 Å². The fourth-order valence-corrected chi connectivity index (χ4v) is 3.57. The second-order valence-electron chi connectivity index (χ2n) is 5.57. The van der Waals surface area contributed by atoms with Gasteiger partial charge < -0.3 is 15.4 Å². The van der Waals surface area contributed by atoms with Crippen molar-refractivity contribution in [1.82, 2.24) is 4.90 Å². The first-order valence-corrected chi connectivity index (χ1v) is 8.07. The van der Waals surface area contributed by atoms with Gasteiger partial charge in [0.05, 0.1) is 0 Å². The lowest BCUT2D eigenvalue weighted by molar-refractivity contribution is 0.388. The van der Waals surface area contributed by atoms with E-state index in [4.69, 9.17) is 10.5 Å². The highest BCUT2D eigenvalue weighted by atomic mass is 32.2. The van der Waals surface area contributed by atoms with Gasteiger partial charge in [-0.05, 0) is 62.5 Å². The molecule has 0 saturated heterocycles. The molecule has 1 aliphatic heterocycles. The Morgan fingerprint density at radius 1 is 1.19 bits per heavy atom. The van der Waals surface area contributed by atoms with Gasteiger partial charge in [0, 0.05) is 28.4 Å². The molecule has 0 radical (unpaired) electrons. The molecule has 0 amide bonds. The summed E-state index contributed by atoms with van der Waals surface area (Å²) in [6, 6.07) is 12.2. The van der Waals surface area contributed by atoms with Crippen molar-refractivity contribution in [2.45, 2.75) is 17.9 Å². The average molecular weight is 300 g/mol. The van der Waals surface area contributed by atoms with Crippen LogP contribution in [0.1, 0.15) is 11.1 Å². The molecule has 3 rings (SSSR count). The summed E-state index contributed by atoms with van der Waals surface area (Å²) in [5.74, 6) is 2.96. The second-order valence-corrected chi connectivity index (χ2v) is 6.71. The molecule has 0 saturated carbocycles. The summed E-state index contributed by atoms with van der Waals surface area (Å²) in [5.41, 5.74) is 9.16. The molecule has 3 nitrogen and oxygen atoms in total. The minimum absolute atomic E-state index is 0.768. The molecule has 110 valence electrons. The van der Waals surface area contributed by atoms with E-state index in [0.29, 0.717) is 0 Å². The number of fused-ring (bicyclic) bond motifs is 1. The van der Waals surface area contributed by atoms with Crippen LogP contribution in [0.15, 0.2) is 41.3 Å². The van der Waals surface area contributed by atoms with Gasteiger partial charge in [-0.3, -0.25) is 0 Å². The summed E-state index contributed by atoms with van der Waals surface area (Å²) in [4.78, 5) is 3.49. The van der Waals surface area contributed by atoms with Gasteiger partial charge in [-0.25, -0.2) is 0 Å². The molecule has 0 aromatic heterocycles. The Labute approximate surface area is 130 Å². The highest BCUT2D eigenvalue weighted by Crippen LogP contribution is 2.35. The van der Waals surface area contributed by atoms with Gasteiger partial charge in [-0.15, -0.1) is 11.8 Å². The van der Waals surface area contributed by atoms with Crippen molar-refractivity contribution in [1.29, 1.82) is 0 Å². The molecule has 4 heteroatoms. The third-order valence-corrected chi connectivity index (χ3v) is 4.58. The summed E-state index contributed by atoms with van der Waals surface area (Å²) in [5, 5.41) is 0. The van der Waals surface area contributed by atoms with Gasteiger partial charge in [-0.2, -0.15) is 0 Å². The SMILES string of the molecule is CN(C)Cc1cc(N)ccc1Oc1ccc2c(c1)CCS2. The average Bonchev–Trinajstić information content (AvgIpc) is 2.88. The Balaban J connectivity index is 1.87. The molecular weight excluding hydrogens is 280 g/mol. The first kappa shape index (κ1) is 14.3. The third kappa shape index (κ3) is 3.34. The molecule has 0 aliphatic carbocycles. The Bertz CT molecular complexity index is 655. The number of nitrogen functional groups attached to an aromatic ring is 1. The number of rotatable bonds is 4. The standard InChI is InChI=1S/C17H20N2OS/c1-19(2)11-13-9-14(18)3-5-16(13)20-15-4-6-17-12(10-15)7-8-21-17/h3-6,9-10H,7-8,11,18H2,1-2H3. The van der Waals surface area contributed by atoms with Crippen LogP contribution in [0.25, 0.3) is 0 Å². The second kappa shape index (κ2) is 6.00. The van der Waals surface area contributed by atoms with E-state index in [9.17, 15) is 0 Å². The van der Waals surface area contributed by atoms with Crippen molar-refractivity contribution in [3.63, 3.8) is 0 Å². The van der Waals surface area contributed by atoms with Crippen molar-refractivity contribution in [3.8, 4) is 11.5 Å². The fourth-order valence-electron chi connectivity index (χ4n) is 2.52. The first-order valence-electron chi connectivity index (χ1n) is 7.08. The smallest absolute Gasteiger partial charge is 0.132 e. The lowest BCUT2D eigenvalue weighted by Gasteiger charge is -2.16.